The molecule has 0 aliphatic carbocycles. The summed E-state index contributed by atoms with van der Waals surface area (Å²) in [6.07, 6.45) is 0. The predicted molar refractivity (Wildman–Crippen MR) is 44.0 cm³/mol. The monoisotopic (exact) mass is 202 g/mol. The van der Waals surface area contributed by atoms with Gasteiger partial charge in [-0.1, -0.05) is 0 Å². The smallest absolute Gasteiger partial charge is 0.341 e. The molecular weight excluding hydrogens is 194 g/mol. The largest absolute Gasteiger partial charge is 0.505 e. The van der Waals surface area contributed by atoms with Crippen LogP contribution in [0.25, 0.3) is 0 Å². The van der Waals surface area contributed by atoms with Gasteiger partial charge in [0.2, 0.25) is 0 Å². The number of halogens is 2. The van der Waals surface area contributed by atoms with Gasteiger partial charge >= 0.3 is 5.97 Å². The zero-order chi connectivity index (χ0) is 10.7. The maximum atomic E-state index is 13.0. The lowest BCUT2D eigenvalue weighted by Crippen LogP contribution is -2.07. The van der Waals surface area contributed by atoms with Gasteiger partial charge < -0.3 is 9.84 Å². The summed E-state index contributed by atoms with van der Waals surface area (Å²) in [5.74, 6) is -3.89. The minimum absolute atomic E-state index is 0.0798. The number of hydrogen-bond donors (Lipinski definition) is 1. The molecule has 0 spiro atoms. The first-order valence-corrected chi connectivity index (χ1v) is 3.91. The Hall–Kier alpha value is -1.65. The SMILES string of the molecule is CCOC(=O)c1cc(O)c(F)cc1F. The van der Waals surface area contributed by atoms with E-state index in [0.29, 0.717) is 12.1 Å². The standard InChI is InChI=1S/C9H8F2O3/c1-2-14-9(13)5-3-8(12)7(11)4-6(5)10/h3-4,12H,2H2,1H3. The molecule has 1 aromatic rings. The molecule has 0 heterocycles. The van der Waals surface area contributed by atoms with Crippen LogP contribution in [0.5, 0.6) is 5.75 Å². The number of rotatable bonds is 2. The van der Waals surface area contributed by atoms with E-state index in [2.05, 4.69) is 4.74 Å². The molecule has 1 rings (SSSR count). The van der Waals surface area contributed by atoms with E-state index in [-0.39, 0.29) is 6.61 Å². The number of phenols is 1. The molecule has 5 heteroatoms. The van der Waals surface area contributed by atoms with E-state index < -0.39 is 28.9 Å². The molecule has 0 aromatic heterocycles. The Morgan fingerprint density at radius 2 is 2.07 bits per heavy atom. The van der Waals surface area contributed by atoms with E-state index in [4.69, 9.17) is 5.11 Å². The van der Waals surface area contributed by atoms with E-state index in [1.54, 1.807) is 6.92 Å². The van der Waals surface area contributed by atoms with Crippen LogP contribution in [0.1, 0.15) is 17.3 Å². The topological polar surface area (TPSA) is 46.5 Å². The number of hydrogen-bond acceptors (Lipinski definition) is 3. The minimum atomic E-state index is -1.12. The van der Waals surface area contributed by atoms with Crippen LogP contribution in [-0.2, 0) is 4.74 Å². The molecule has 76 valence electrons. The van der Waals surface area contributed by atoms with Crippen molar-refractivity contribution in [1.29, 1.82) is 0 Å². The Morgan fingerprint density at radius 1 is 1.43 bits per heavy atom. The number of ether oxygens (including phenoxy) is 1. The molecule has 0 unspecified atom stereocenters. The van der Waals surface area contributed by atoms with Crippen LogP contribution in [-0.4, -0.2) is 17.7 Å². The van der Waals surface area contributed by atoms with Gasteiger partial charge in [0.15, 0.2) is 11.6 Å². The molecular formula is C9H8F2O3. The fourth-order valence-corrected chi connectivity index (χ4v) is 0.903. The Morgan fingerprint density at radius 3 is 2.64 bits per heavy atom. The Balaban J connectivity index is 3.09. The summed E-state index contributed by atoms with van der Waals surface area (Å²) < 4.78 is 30.0. The maximum absolute atomic E-state index is 13.0. The number of benzene rings is 1. The van der Waals surface area contributed by atoms with Crippen LogP contribution in [0, 0.1) is 11.6 Å². The summed E-state index contributed by atoms with van der Waals surface area (Å²) in [5, 5.41) is 8.89. The van der Waals surface area contributed by atoms with Crippen molar-refractivity contribution in [2.45, 2.75) is 6.92 Å². The van der Waals surface area contributed by atoms with Crippen LogP contribution >= 0.6 is 0 Å². The van der Waals surface area contributed by atoms with E-state index >= 15 is 0 Å². The third kappa shape index (κ3) is 1.99. The van der Waals surface area contributed by atoms with Crippen molar-refractivity contribution >= 4 is 5.97 Å². The van der Waals surface area contributed by atoms with Crippen molar-refractivity contribution in [1.82, 2.24) is 0 Å². The second-order valence-electron chi connectivity index (χ2n) is 2.50. The van der Waals surface area contributed by atoms with Crippen LogP contribution in [0.3, 0.4) is 0 Å². The van der Waals surface area contributed by atoms with Crippen molar-refractivity contribution in [2.24, 2.45) is 0 Å². The van der Waals surface area contributed by atoms with Gasteiger partial charge in [0.25, 0.3) is 0 Å². The summed E-state index contributed by atoms with van der Waals surface area (Å²) in [6.45, 7) is 1.63. The third-order valence-corrected chi connectivity index (χ3v) is 1.53. The molecule has 0 bridgehead atoms. The fourth-order valence-electron chi connectivity index (χ4n) is 0.903. The number of carbonyl (C=O) groups is 1. The number of phenolic OH excluding ortho intramolecular Hbond substituents is 1. The highest BCUT2D eigenvalue weighted by atomic mass is 19.1. The quantitative estimate of drug-likeness (QED) is 0.744. The molecule has 0 atom stereocenters. The molecule has 0 aliphatic rings. The summed E-state index contributed by atoms with van der Waals surface area (Å²) in [4.78, 5) is 11.0. The molecule has 0 saturated carbocycles. The van der Waals surface area contributed by atoms with Crippen molar-refractivity contribution in [2.75, 3.05) is 6.61 Å². The van der Waals surface area contributed by atoms with Gasteiger partial charge in [-0.25, -0.2) is 13.6 Å². The van der Waals surface area contributed by atoms with Crippen LogP contribution < -0.4 is 0 Å². The zero-order valence-corrected chi connectivity index (χ0v) is 7.38. The van der Waals surface area contributed by atoms with Gasteiger partial charge in [0, 0.05) is 12.1 Å². The molecule has 0 fully saturated rings. The predicted octanol–water partition coefficient (Wildman–Crippen LogP) is 1.85. The number of esters is 1. The maximum Gasteiger partial charge on any atom is 0.341 e. The Bertz CT molecular complexity index is 363. The first kappa shape index (κ1) is 10.4. The lowest BCUT2D eigenvalue weighted by molar-refractivity contribution is 0.0520. The normalized spacial score (nSPS) is 9.93. The highest BCUT2D eigenvalue weighted by molar-refractivity contribution is 5.90. The van der Waals surface area contributed by atoms with E-state index in [0.717, 1.165) is 0 Å². The molecule has 1 aromatic carbocycles. The van der Waals surface area contributed by atoms with Crippen molar-refractivity contribution in [3.63, 3.8) is 0 Å². The molecule has 0 amide bonds. The second kappa shape index (κ2) is 4.04. The van der Waals surface area contributed by atoms with Gasteiger partial charge in [0.05, 0.1) is 12.2 Å². The molecule has 3 nitrogen and oxygen atoms in total. The van der Waals surface area contributed by atoms with Crippen molar-refractivity contribution < 1.29 is 23.4 Å². The highest BCUT2D eigenvalue weighted by Crippen LogP contribution is 2.20. The van der Waals surface area contributed by atoms with Gasteiger partial charge in [-0.15, -0.1) is 0 Å². The molecule has 0 radical (unpaired) electrons. The van der Waals surface area contributed by atoms with Gasteiger partial charge in [-0.2, -0.15) is 0 Å². The van der Waals surface area contributed by atoms with Gasteiger partial charge in [-0.05, 0) is 6.92 Å². The van der Waals surface area contributed by atoms with Gasteiger partial charge in [-0.3, -0.25) is 0 Å². The Labute approximate surface area is 78.9 Å². The lowest BCUT2D eigenvalue weighted by atomic mass is 10.2. The average molecular weight is 202 g/mol. The van der Waals surface area contributed by atoms with E-state index in [1.807, 2.05) is 0 Å². The summed E-state index contributed by atoms with van der Waals surface area (Å²) in [5.41, 5.74) is -0.481. The van der Waals surface area contributed by atoms with Gasteiger partial charge in [0.1, 0.15) is 5.82 Å². The second-order valence-corrected chi connectivity index (χ2v) is 2.50. The first-order valence-electron chi connectivity index (χ1n) is 3.91. The van der Waals surface area contributed by atoms with Crippen LogP contribution in [0.2, 0.25) is 0 Å². The Kier molecular flexibility index (Phi) is 3.01. The third-order valence-electron chi connectivity index (χ3n) is 1.53. The zero-order valence-electron chi connectivity index (χ0n) is 7.38. The average Bonchev–Trinajstić information content (AvgIpc) is 2.11. The molecule has 0 saturated heterocycles. The molecule has 0 aliphatic heterocycles. The fraction of sp³-hybridized carbons (Fsp3) is 0.222. The van der Waals surface area contributed by atoms with Crippen molar-refractivity contribution in [3.05, 3.63) is 29.3 Å². The van der Waals surface area contributed by atoms with Crippen LogP contribution in [0.4, 0.5) is 8.78 Å². The minimum Gasteiger partial charge on any atom is -0.505 e. The lowest BCUT2D eigenvalue weighted by Gasteiger charge is -2.03. The van der Waals surface area contributed by atoms with E-state index in [1.165, 1.54) is 0 Å². The highest BCUT2D eigenvalue weighted by Gasteiger charge is 2.16. The van der Waals surface area contributed by atoms with Crippen molar-refractivity contribution in [3.8, 4) is 5.75 Å². The summed E-state index contributed by atoms with van der Waals surface area (Å²) in [7, 11) is 0. The first-order chi connectivity index (χ1) is 6.56. The molecule has 14 heavy (non-hydrogen) atoms. The van der Waals surface area contributed by atoms with Crippen LogP contribution in [0.15, 0.2) is 12.1 Å². The number of carbonyl (C=O) groups excluding carboxylic acids is 1. The van der Waals surface area contributed by atoms with E-state index in [9.17, 15) is 13.6 Å². The summed E-state index contributed by atoms with van der Waals surface area (Å²) >= 11 is 0. The number of aromatic hydroxyl groups is 1. The summed E-state index contributed by atoms with van der Waals surface area (Å²) in [6, 6.07) is 1.13. The molecule has 1 N–H and O–H groups in total.